The summed E-state index contributed by atoms with van der Waals surface area (Å²) in [6.45, 7) is 3.39. The van der Waals surface area contributed by atoms with Crippen LogP contribution in [0.4, 0.5) is 5.82 Å². The number of benzene rings is 2. The van der Waals surface area contributed by atoms with Gasteiger partial charge in [-0.2, -0.15) is 0 Å². The highest BCUT2D eigenvalue weighted by atomic mass is 16.5. The van der Waals surface area contributed by atoms with Gasteiger partial charge in [-0.1, -0.05) is 42.5 Å². The third-order valence-corrected chi connectivity index (χ3v) is 5.26. The van der Waals surface area contributed by atoms with Crippen molar-refractivity contribution >= 4 is 22.7 Å². The van der Waals surface area contributed by atoms with Crippen molar-refractivity contribution in [2.75, 3.05) is 5.32 Å². The first-order valence-corrected chi connectivity index (χ1v) is 9.69. The smallest absolute Gasteiger partial charge is 0.252 e. The van der Waals surface area contributed by atoms with Crippen LogP contribution in [0.15, 0.2) is 52.9 Å². The Morgan fingerprint density at radius 1 is 1.10 bits per heavy atom. The first-order valence-electron chi connectivity index (χ1n) is 9.69. The number of para-hydroxylation sites is 1. The minimum Gasteiger partial charge on any atom is -0.460 e. The van der Waals surface area contributed by atoms with Crippen LogP contribution < -0.4 is 11.1 Å². The molecule has 30 heavy (non-hydrogen) atoms. The highest BCUT2D eigenvalue weighted by Gasteiger charge is 2.24. The van der Waals surface area contributed by atoms with Crippen molar-refractivity contribution in [3.05, 3.63) is 76.7 Å². The molecule has 1 aliphatic heterocycles. The summed E-state index contributed by atoms with van der Waals surface area (Å²) in [4.78, 5) is 21.4. The quantitative estimate of drug-likeness (QED) is 0.526. The minimum atomic E-state index is -0.533. The lowest BCUT2D eigenvalue weighted by atomic mass is 10.1. The van der Waals surface area contributed by atoms with Crippen molar-refractivity contribution in [3.63, 3.8) is 0 Å². The Balaban J connectivity index is 1.61. The molecule has 0 saturated heterocycles. The molecule has 1 aliphatic rings. The second kappa shape index (κ2) is 7.27. The van der Waals surface area contributed by atoms with E-state index in [-0.39, 0.29) is 0 Å². The molecule has 3 heterocycles. The second-order valence-electron chi connectivity index (χ2n) is 7.23. The van der Waals surface area contributed by atoms with Crippen LogP contribution in [0.25, 0.3) is 22.4 Å². The first-order chi connectivity index (χ1) is 14.6. The summed E-state index contributed by atoms with van der Waals surface area (Å²) >= 11 is 0. The number of nitrogens with zero attached hydrogens (tertiary/aromatic N) is 2. The van der Waals surface area contributed by atoms with Crippen molar-refractivity contribution in [1.82, 2.24) is 9.97 Å². The van der Waals surface area contributed by atoms with Gasteiger partial charge in [-0.05, 0) is 18.6 Å². The average Bonchev–Trinajstić information content (AvgIpc) is 3.35. The highest BCUT2D eigenvalue weighted by Crippen LogP contribution is 2.36. The van der Waals surface area contributed by atoms with Crippen LogP contribution in [-0.2, 0) is 24.5 Å². The summed E-state index contributed by atoms with van der Waals surface area (Å²) < 4.78 is 11.5. The third kappa shape index (κ3) is 3.09. The van der Waals surface area contributed by atoms with Gasteiger partial charge in [-0.15, -0.1) is 0 Å². The molecule has 0 unspecified atom stereocenters. The van der Waals surface area contributed by atoms with Crippen LogP contribution in [0.1, 0.15) is 32.9 Å². The summed E-state index contributed by atoms with van der Waals surface area (Å²) in [6.07, 6.45) is 0. The molecule has 0 radical (unpaired) electrons. The number of nitrogens with two attached hydrogens (primary N) is 1. The number of aromatic nitrogens is 2. The predicted molar refractivity (Wildman–Crippen MR) is 113 cm³/mol. The van der Waals surface area contributed by atoms with Crippen molar-refractivity contribution < 1.29 is 13.9 Å². The minimum absolute atomic E-state index is 0.341. The Kier molecular flexibility index (Phi) is 4.44. The van der Waals surface area contributed by atoms with Crippen LogP contribution in [0, 0.1) is 6.92 Å². The maximum absolute atomic E-state index is 11.8. The Bertz CT molecular complexity index is 1260. The number of carbonyl (C=O) groups excluding carboxylic acids is 1. The summed E-state index contributed by atoms with van der Waals surface area (Å²) in [5.74, 6) is 1.38. The molecule has 0 bridgehead atoms. The van der Waals surface area contributed by atoms with Gasteiger partial charge in [0.1, 0.15) is 17.2 Å². The number of ether oxygens (including phenoxy) is 1. The molecule has 0 spiro atoms. The molecular formula is C23H20N4O3. The van der Waals surface area contributed by atoms with Crippen molar-refractivity contribution in [1.29, 1.82) is 0 Å². The van der Waals surface area contributed by atoms with Gasteiger partial charge < -0.3 is 20.2 Å². The van der Waals surface area contributed by atoms with Crippen molar-refractivity contribution in [2.45, 2.75) is 26.7 Å². The zero-order valence-electron chi connectivity index (χ0n) is 16.4. The van der Waals surface area contributed by atoms with E-state index in [0.29, 0.717) is 42.5 Å². The maximum atomic E-state index is 11.8. The van der Waals surface area contributed by atoms with E-state index in [9.17, 15) is 4.79 Å². The topological polar surface area (TPSA) is 103 Å². The standard InChI is InChI=1S/C23H20N4O3/c1-13-19(15-8-5-9-16(21(24)28)20(15)30-13)23-26-18-12-29-11-17(18)22(27-23)25-10-14-6-3-2-4-7-14/h2-9H,10-12H2,1H3,(H2,24,28)(H,25,26,27). The van der Waals surface area contributed by atoms with E-state index in [1.807, 2.05) is 31.2 Å². The molecule has 7 heteroatoms. The number of carbonyl (C=O) groups is 1. The molecule has 3 N–H and O–H groups in total. The first kappa shape index (κ1) is 18.3. The van der Waals surface area contributed by atoms with E-state index in [1.54, 1.807) is 12.1 Å². The summed E-state index contributed by atoms with van der Waals surface area (Å²) in [5.41, 5.74) is 10.0. The zero-order valence-corrected chi connectivity index (χ0v) is 16.4. The van der Waals surface area contributed by atoms with Gasteiger partial charge >= 0.3 is 0 Å². The number of hydrogen-bond donors (Lipinski definition) is 2. The van der Waals surface area contributed by atoms with Gasteiger partial charge in [-0.25, -0.2) is 9.97 Å². The number of anilines is 1. The zero-order chi connectivity index (χ0) is 20.7. The highest BCUT2D eigenvalue weighted by molar-refractivity contribution is 6.07. The summed E-state index contributed by atoms with van der Waals surface area (Å²) in [6, 6.07) is 15.5. The van der Waals surface area contributed by atoms with Crippen LogP contribution in [0.3, 0.4) is 0 Å². The molecule has 2 aromatic heterocycles. The lowest BCUT2D eigenvalue weighted by molar-refractivity contribution is 0.100. The van der Waals surface area contributed by atoms with Crippen molar-refractivity contribution in [3.8, 4) is 11.4 Å². The molecule has 0 saturated carbocycles. The van der Waals surface area contributed by atoms with Crippen LogP contribution >= 0.6 is 0 Å². The molecule has 1 amide bonds. The number of rotatable bonds is 5. The molecule has 2 aromatic carbocycles. The predicted octanol–water partition coefficient (Wildman–Crippen LogP) is 3.94. The van der Waals surface area contributed by atoms with Gasteiger partial charge in [0.2, 0.25) is 0 Å². The van der Waals surface area contributed by atoms with Gasteiger partial charge in [0.25, 0.3) is 5.91 Å². The Morgan fingerprint density at radius 2 is 1.93 bits per heavy atom. The summed E-state index contributed by atoms with van der Waals surface area (Å²) in [5, 5.41) is 4.19. The normalized spacial score (nSPS) is 12.8. The van der Waals surface area contributed by atoms with Crippen LogP contribution in [-0.4, -0.2) is 15.9 Å². The lowest BCUT2D eigenvalue weighted by Crippen LogP contribution is -2.10. The van der Waals surface area contributed by atoms with Gasteiger partial charge in [0.15, 0.2) is 5.82 Å². The number of amides is 1. The number of primary amides is 1. The molecule has 5 rings (SSSR count). The van der Waals surface area contributed by atoms with Crippen molar-refractivity contribution in [2.24, 2.45) is 5.73 Å². The Hall–Kier alpha value is -3.71. The van der Waals surface area contributed by atoms with E-state index in [4.69, 9.17) is 24.9 Å². The fourth-order valence-corrected chi connectivity index (χ4v) is 3.80. The fraction of sp³-hybridized carbons (Fsp3) is 0.174. The lowest BCUT2D eigenvalue weighted by Gasteiger charge is -2.11. The van der Waals surface area contributed by atoms with E-state index in [0.717, 1.165) is 33.6 Å². The van der Waals surface area contributed by atoms with Gasteiger partial charge in [0, 0.05) is 17.5 Å². The number of hydrogen-bond acceptors (Lipinski definition) is 6. The maximum Gasteiger partial charge on any atom is 0.252 e. The van der Waals surface area contributed by atoms with Gasteiger partial charge in [-0.3, -0.25) is 4.79 Å². The van der Waals surface area contributed by atoms with Crippen LogP contribution in [0.5, 0.6) is 0 Å². The van der Waals surface area contributed by atoms with Crippen LogP contribution in [0.2, 0.25) is 0 Å². The Labute approximate surface area is 172 Å². The average molecular weight is 400 g/mol. The molecule has 150 valence electrons. The van der Waals surface area contributed by atoms with Gasteiger partial charge in [0.05, 0.1) is 30.0 Å². The monoisotopic (exact) mass is 400 g/mol. The van der Waals surface area contributed by atoms with E-state index in [2.05, 4.69) is 17.4 Å². The van der Waals surface area contributed by atoms with E-state index in [1.165, 1.54) is 0 Å². The fourth-order valence-electron chi connectivity index (χ4n) is 3.80. The Morgan fingerprint density at radius 3 is 2.73 bits per heavy atom. The van der Waals surface area contributed by atoms with E-state index < -0.39 is 5.91 Å². The molecule has 0 atom stereocenters. The molecule has 4 aromatic rings. The third-order valence-electron chi connectivity index (χ3n) is 5.26. The second-order valence-corrected chi connectivity index (χ2v) is 7.23. The SMILES string of the molecule is Cc1oc2c(C(N)=O)cccc2c1-c1nc2c(c(NCc3ccccc3)n1)COC2. The molecule has 0 fully saturated rings. The number of nitrogens with one attached hydrogen (secondary N) is 1. The molecular weight excluding hydrogens is 380 g/mol. The molecule has 0 aliphatic carbocycles. The largest absolute Gasteiger partial charge is 0.460 e. The number of aryl methyl sites for hydroxylation is 1. The molecule has 7 nitrogen and oxygen atoms in total. The number of furan rings is 1. The summed E-state index contributed by atoms with van der Waals surface area (Å²) in [7, 11) is 0. The van der Waals surface area contributed by atoms with E-state index >= 15 is 0 Å². The number of fused-ring (bicyclic) bond motifs is 2.